The van der Waals surface area contributed by atoms with Crippen LogP contribution in [-0.4, -0.2) is 20.2 Å². The van der Waals surface area contributed by atoms with E-state index in [1.165, 1.54) is 10.7 Å². The predicted molar refractivity (Wildman–Crippen MR) is 78.7 cm³/mol. The van der Waals surface area contributed by atoms with E-state index < -0.39 is 0 Å². The number of nitrogens with zero attached hydrogens (tertiary/aromatic N) is 4. The fourth-order valence-electron chi connectivity index (χ4n) is 2.00. The summed E-state index contributed by atoms with van der Waals surface area (Å²) in [7, 11) is 0. The van der Waals surface area contributed by atoms with Crippen molar-refractivity contribution in [3.8, 4) is 17.1 Å². The van der Waals surface area contributed by atoms with E-state index in [-0.39, 0.29) is 5.82 Å². The molecule has 0 aliphatic heterocycles. The Hall–Kier alpha value is -2.47. The zero-order valence-electron chi connectivity index (χ0n) is 11.1. The minimum atomic E-state index is -0.320. The lowest BCUT2D eigenvalue weighted by atomic mass is 10.1. The second-order valence-corrected chi connectivity index (χ2v) is 5.06. The molecule has 5 nitrogen and oxygen atoms in total. The van der Waals surface area contributed by atoms with Crippen LogP contribution in [0.1, 0.15) is 5.56 Å². The number of hydrogen-bond acceptors (Lipinski definition) is 4. The van der Waals surface area contributed by atoms with Gasteiger partial charge in [-0.05, 0) is 53.2 Å². The number of hydrogen-bond donors (Lipinski definition) is 1. The van der Waals surface area contributed by atoms with Crippen LogP contribution in [0.2, 0.25) is 5.02 Å². The van der Waals surface area contributed by atoms with Crippen molar-refractivity contribution in [1.29, 1.82) is 0 Å². The topological polar surface area (TPSA) is 69.6 Å². The molecule has 0 spiro atoms. The molecule has 21 heavy (non-hydrogen) atoms. The molecule has 0 radical (unpaired) electrons. The molecule has 3 aromatic rings. The van der Waals surface area contributed by atoms with Crippen LogP contribution in [0.15, 0.2) is 36.4 Å². The van der Waals surface area contributed by atoms with Crippen molar-refractivity contribution in [1.82, 2.24) is 20.2 Å². The molecule has 1 aromatic heterocycles. The van der Waals surface area contributed by atoms with Gasteiger partial charge < -0.3 is 5.73 Å². The largest absolute Gasteiger partial charge is 0.399 e. The molecule has 0 bridgehead atoms. The summed E-state index contributed by atoms with van der Waals surface area (Å²) in [6, 6.07) is 9.83. The zero-order chi connectivity index (χ0) is 15.0. The lowest BCUT2D eigenvalue weighted by Gasteiger charge is -2.07. The van der Waals surface area contributed by atoms with E-state index in [4.69, 9.17) is 17.3 Å². The molecule has 3 rings (SSSR count). The summed E-state index contributed by atoms with van der Waals surface area (Å²) in [5, 5.41) is 12.0. The quantitative estimate of drug-likeness (QED) is 0.739. The molecule has 106 valence electrons. The number of aromatic nitrogens is 4. The second-order valence-electron chi connectivity index (χ2n) is 4.62. The minimum absolute atomic E-state index is 0.320. The Morgan fingerprint density at radius 2 is 2.00 bits per heavy atom. The highest BCUT2D eigenvalue weighted by Gasteiger charge is 2.13. The van der Waals surface area contributed by atoms with Crippen LogP contribution in [0.3, 0.4) is 0 Å². The summed E-state index contributed by atoms with van der Waals surface area (Å²) in [5.41, 5.74) is 8.02. The number of aryl methyl sites for hydroxylation is 1. The summed E-state index contributed by atoms with van der Waals surface area (Å²) < 4.78 is 15.1. The molecule has 0 fully saturated rings. The Morgan fingerprint density at radius 3 is 2.71 bits per heavy atom. The van der Waals surface area contributed by atoms with Gasteiger partial charge in [-0.25, -0.2) is 4.39 Å². The van der Waals surface area contributed by atoms with E-state index in [9.17, 15) is 4.39 Å². The number of halogens is 2. The smallest absolute Gasteiger partial charge is 0.187 e. The molecule has 0 amide bonds. The molecule has 0 unspecified atom stereocenters. The lowest BCUT2D eigenvalue weighted by Crippen LogP contribution is -2.01. The number of benzene rings is 2. The van der Waals surface area contributed by atoms with Crippen molar-refractivity contribution in [2.45, 2.75) is 6.92 Å². The monoisotopic (exact) mass is 303 g/mol. The third-order valence-corrected chi connectivity index (χ3v) is 3.27. The second kappa shape index (κ2) is 5.14. The van der Waals surface area contributed by atoms with Gasteiger partial charge in [-0.15, -0.1) is 5.10 Å². The third-order valence-electron chi connectivity index (χ3n) is 3.05. The number of anilines is 1. The number of nitrogen functional groups attached to an aromatic ring is 1. The summed E-state index contributed by atoms with van der Waals surface area (Å²) in [6.07, 6.45) is 0. The average molecular weight is 304 g/mol. The maximum Gasteiger partial charge on any atom is 0.187 e. The summed E-state index contributed by atoms with van der Waals surface area (Å²) in [6.45, 7) is 1.69. The van der Waals surface area contributed by atoms with Crippen molar-refractivity contribution in [2.75, 3.05) is 5.73 Å². The Morgan fingerprint density at radius 1 is 1.19 bits per heavy atom. The van der Waals surface area contributed by atoms with Crippen molar-refractivity contribution in [3.05, 3.63) is 52.8 Å². The number of tetrazole rings is 1. The van der Waals surface area contributed by atoms with Gasteiger partial charge >= 0.3 is 0 Å². The summed E-state index contributed by atoms with van der Waals surface area (Å²) >= 11 is 5.99. The molecule has 2 aromatic carbocycles. The number of rotatable bonds is 2. The van der Waals surface area contributed by atoms with Crippen molar-refractivity contribution in [3.63, 3.8) is 0 Å². The minimum Gasteiger partial charge on any atom is -0.399 e. The van der Waals surface area contributed by atoms with Gasteiger partial charge in [-0.3, -0.25) is 0 Å². The van der Waals surface area contributed by atoms with E-state index in [1.54, 1.807) is 37.3 Å². The predicted octanol–water partition coefficient (Wildman–Crippen LogP) is 3.01. The van der Waals surface area contributed by atoms with Crippen LogP contribution < -0.4 is 5.73 Å². The first-order chi connectivity index (χ1) is 10.0. The molecule has 0 saturated heterocycles. The summed E-state index contributed by atoms with van der Waals surface area (Å²) in [5.74, 6) is 0.118. The van der Waals surface area contributed by atoms with Gasteiger partial charge in [0.15, 0.2) is 5.82 Å². The van der Waals surface area contributed by atoms with Crippen molar-refractivity contribution in [2.24, 2.45) is 0 Å². The Labute approximate surface area is 125 Å². The molecule has 1 heterocycles. The fraction of sp³-hybridized carbons (Fsp3) is 0.0714. The zero-order valence-corrected chi connectivity index (χ0v) is 11.8. The lowest BCUT2D eigenvalue weighted by molar-refractivity contribution is 0.615. The van der Waals surface area contributed by atoms with E-state index >= 15 is 0 Å². The van der Waals surface area contributed by atoms with Crippen LogP contribution in [0.4, 0.5) is 10.1 Å². The van der Waals surface area contributed by atoms with Crippen molar-refractivity contribution >= 4 is 17.3 Å². The van der Waals surface area contributed by atoms with E-state index in [0.29, 0.717) is 33.3 Å². The standard InChI is InChI=1S/C14H11ClFN5/c1-8-2-3-12(7-13(8)16)21-14(18-19-20-21)9-4-10(15)6-11(17)5-9/h2-7H,17H2,1H3. The van der Waals surface area contributed by atoms with E-state index in [0.717, 1.165) is 0 Å². The Kier molecular flexibility index (Phi) is 3.31. The molecule has 0 saturated carbocycles. The van der Waals surface area contributed by atoms with Crippen LogP contribution in [-0.2, 0) is 0 Å². The van der Waals surface area contributed by atoms with Crippen molar-refractivity contribution < 1.29 is 4.39 Å². The Bertz CT molecular complexity index is 795. The number of nitrogens with two attached hydrogens (primary N) is 1. The maximum absolute atomic E-state index is 13.7. The first-order valence-corrected chi connectivity index (χ1v) is 6.54. The highest BCUT2D eigenvalue weighted by atomic mass is 35.5. The summed E-state index contributed by atoms with van der Waals surface area (Å²) in [4.78, 5) is 0. The van der Waals surface area contributed by atoms with Gasteiger partial charge in [0.05, 0.1) is 5.69 Å². The van der Waals surface area contributed by atoms with Gasteiger partial charge in [0, 0.05) is 16.3 Å². The van der Waals surface area contributed by atoms with Crippen LogP contribution in [0.25, 0.3) is 17.1 Å². The SMILES string of the molecule is Cc1ccc(-n2nnnc2-c2cc(N)cc(Cl)c2)cc1F. The van der Waals surface area contributed by atoms with Gasteiger partial charge in [0.1, 0.15) is 5.82 Å². The van der Waals surface area contributed by atoms with E-state index in [2.05, 4.69) is 15.5 Å². The third kappa shape index (κ3) is 2.57. The first-order valence-electron chi connectivity index (χ1n) is 6.16. The highest BCUT2D eigenvalue weighted by molar-refractivity contribution is 6.31. The highest BCUT2D eigenvalue weighted by Crippen LogP contribution is 2.26. The maximum atomic E-state index is 13.7. The normalized spacial score (nSPS) is 10.8. The van der Waals surface area contributed by atoms with Gasteiger partial charge in [-0.1, -0.05) is 17.7 Å². The van der Waals surface area contributed by atoms with Crippen LogP contribution in [0, 0.1) is 12.7 Å². The molecular formula is C14H11ClFN5. The molecule has 7 heteroatoms. The van der Waals surface area contributed by atoms with Gasteiger partial charge in [0.2, 0.25) is 0 Å². The molecular weight excluding hydrogens is 293 g/mol. The first kappa shape index (κ1) is 13.5. The molecule has 2 N–H and O–H groups in total. The van der Waals surface area contributed by atoms with Crippen LogP contribution in [0.5, 0.6) is 0 Å². The van der Waals surface area contributed by atoms with Crippen LogP contribution >= 0.6 is 11.6 Å². The van der Waals surface area contributed by atoms with Gasteiger partial charge in [-0.2, -0.15) is 4.68 Å². The van der Waals surface area contributed by atoms with E-state index in [1.807, 2.05) is 0 Å². The molecule has 0 aliphatic carbocycles. The Balaban J connectivity index is 2.14. The average Bonchev–Trinajstić information content (AvgIpc) is 2.90. The molecule has 0 aliphatic rings. The molecule has 0 atom stereocenters. The fourth-order valence-corrected chi connectivity index (χ4v) is 2.24. The van der Waals surface area contributed by atoms with Gasteiger partial charge in [0.25, 0.3) is 0 Å².